The highest BCUT2D eigenvalue weighted by Gasteiger charge is 2.38. The maximum absolute atomic E-state index is 5.35. The van der Waals surface area contributed by atoms with E-state index in [0.29, 0.717) is 25.3 Å². The molecule has 4 heteroatoms. The predicted octanol–water partition coefficient (Wildman–Crippen LogP) is 0.779. The fourth-order valence-corrected chi connectivity index (χ4v) is 2.36. The average Bonchev–Trinajstić information content (AvgIpc) is 2.99. The molecule has 2 rings (SSSR count). The topological polar surface area (TPSA) is 33.7 Å². The highest BCUT2D eigenvalue weighted by molar-refractivity contribution is 4.95. The molecule has 0 aromatic carbocycles. The second kappa shape index (κ2) is 5.25. The Hall–Kier alpha value is -0.160. The van der Waals surface area contributed by atoms with Gasteiger partial charge in [-0.3, -0.25) is 9.74 Å². The highest BCUT2D eigenvalue weighted by atomic mass is 16.7. The number of rotatable bonds is 6. The molecule has 88 valence electrons. The van der Waals surface area contributed by atoms with Gasteiger partial charge in [-0.2, -0.15) is 5.48 Å². The summed E-state index contributed by atoms with van der Waals surface area (Å²) in [6.07, 6.45) is 3.98. The van der Waals surface area contributed by atoms with E-state index < -0.39 is 0 Å². The lowest BCUT2D eigenvalue weighted by molar-refractivity contribution is -0.0102. The van der Waals surface area contributed by atoms with Crippen LogP contribution in [0.4, 0.5) is 0 Å². The van der Waals surface area contributed by atoms with Crippen molar-refractivity contribution in [1.29, 1.82) is 0 Å². The summed E-state index contributed by atoms with van der Waals surface area (Å²) in [4.78, 5) is 7.96. The molecule has 2 fully saturated rings. The van der Waals surface area contributed by atoms with Crippen molar-refractivity contribution in [3.05, 3.63) is 0 Å². The molecule has 1 N–H and O–H groups in total. The fraction of sp³-hybridized carbons (Fsp3) is 1.00. The number of methoxy groups -OCH3 is 1. The largest absolute Gasteiger partial charge is 0.382 e. The van der Waals surface area contributed by atoms with Gasteiger partial charge in [0.1, 0.15) is 0 Å². The molecule has 0 radical (unpaired) electrons. The normalized spacial score (nSPS) is 32.4. The average molecular weight is 214 g/mol. The SMILES string of the molecule is COCCONC1CC(C)N(C2CC2)C1. The smallest absolute Gasteiger partial charge is 0.0916 e. The molecule has 0 amide bonds. The number of hydrogen-bond donors (Lipinski definition) is 1. The zero-order valence-electron chi connectivity index (χ0n) is 9.74. The molecule has 2 atom stereocenters. The van der Waals surface area contributed by atoms with E-state index in [-0.39, 0.29) is 0 Å². The minimum atomic E-state index is 0.498. The van der Waals surface area contributed by atoms with Crippen molar-refractivity contribution in [2.45, 2.75) is 44.3 Å². The first-order valence-corrected chi connectivity index (χ1v) is 5.93. The Morgan fingerprint density at radius 2 is 2.13 bits per heavy atom. The zero-order chi connectivity index (χ0) is 10.7. The summed E-state index contributed by atoms with van der Waals surface area (Å²) >= 11 is 0. The van der Waals surface area contributed by atoms with Crippen molar-refractivity contribution in [2.24, 2.45) is 0 Å². The van der Waals surface area contributed by atoms with Crippen LogP contribution in [0.1, 0.15) is 26.2 Å². The van der Waals surface area contributed by atoms with E-state index in [4.69, 9.17) is 9.57 Å². The van der Waals surface area contributed by atoms with Gasteiger partial charge >= 0.3 is 0 Å². The van der Waals surface area contributed by atoms with Crippen LogP contribution in [-0.2, 0) is 9.57 Å². The molecule has 1 saturated heterocycles. The van der Waals surface area contributed by atoms with Gasteiger partial charge in [-0.1, -0.05) is 0 Å². The van der Waals surface area contributed by atoms with Crippen molar-refractivity contribution >= 4 is 0 Å². The van der Waals surface area contributed by atoms with Crippen LogP contribution in [0, 0.1) is 0 Å². The molecule has 1 aliphatic carbocycles. The summed E-state index contributed by atoms with van der Waals surface area (Å²) < 4.78 is 4.92. The van der Waals surface area contributed by atoms with Gasteiger partial charge in [0, 0.05) is 31.8 Å². The maximum Gasteiger partial charge on any atom is 0.0916 e. The number of hydroxylamine groups is 1. The summed E-state index contributed by atoms with van der Waals surface area (Å²) in [6, 6.07) is 2.07. The molecule has 2 unspecified atom stereocenters. The molecule has 15 heavy (non-hydrogen) atoms. The number of hydrogen-bond acceptors (Lipinski definition) is 4. The van der Waals surface area contributed by atoms with Gasteiger partial charge in [0.2, 0.25) is 0 Å². The molecule has 1 saturated carbocycles. The van der Waals surface area contributed by atoms with Gasteiger partial charge in [0.15, 0.2) is 0 Å². The van der Waals surface area contributed by atoms with Crippen LogP contribution in [0.3, 0.4) is 0 Å². The lowest BCUT2D eigenvalue weighted by atomic mass is 10.2. The van der Waals surface area contributed by atoms with Gasteiger partial charge in [-0.05, 0) is 26.2 Å². The van der Waals surface area contributed by atoms with E-state index in [1.807, 2.05) is 0 Å². The van der Waals surface area contributed by atoms with Crippen LogP contribution >= 0.6 is 0 Å². The minimum absolute atomic E-state index is 0.498. The Morgan fingerprint density at radius 1 is 1.33 bits per heavy atom. The van der Waals surface area contributed by atoms with Crippen molar-refractivity contribution in [3.8, 4) is 0 Å². The third-order valence-electron chi connectivity index (χ3n) is 3.28. The third kappa shape index (κ3) is 3.14. The molecule has 0 aromatic rings. The Morgan fingerprint density at radius 3 is 2.80 bits per heavy atom. The minimum Gasteiger partial charge on any atom is -0.382 e. The zero-order valence-corrected chi connectivity index (χ0v) is 9.74. The van der Waals surface area contributed by atoms with Crippen LogP contribution in [0.25, 0.3) is 0 Å². The molecule has 0 spiro atoms. The molecule has 1 aliphatic heterocycles. The summed E-state index contributed by atoms with van der Waals surface area (Å²) in [5.74, 6) is 0. The van der Waals surface area contributed by atoms with E-state index in [1.54, 1.807) is 7.11 Å². The van der Waals surface area contributed by atoms with Crippen molar-refractivity contribution in [2.75, 3.05) is 26.9 Å². The Labute approximate surface area is 91.9 Å². The van der Waals surface area contributed by atoms with Crippen molar-refractivity contribution in [3.63, 3.8) is 0 Å². The highest BCUT2D eigenvalue weighted by Crippen LogP contribution is 2.33. The first-order chi connectivity index (χ1) is 7.31. The quantitative estimate of drug-likeness (QED) is 0.523. The maximum atomic E-state index is 5.35. The van der Waals surface area contributed by atoms with Crippen LogP contribution in [0.5, 0.6) is 0 Å². The second-order valence-electron chi connectivity index (χ2n) is 4.67. The van der Waals surface area contributed by atoms with Gasteiger partial charge < -0.3 is 4.74 Å². The summed E-state index contributed by atoms with van der Waals surface area (Å²) in [5, 5.41) is 0. The van der Waals surface area contributed by atoms with E-state index in [9.17, 15) is 0 Å². The molecule has 0 bridgehead atoms. The molecule has 0 aromatic heterocycles. The van der Waals surface area contributed by atoms with Crippen molar-refractivity contribution in [1.82, 2.24) is 10.4 Å². The van der Waals surface area contributed by atoms with E-state index in [1.165, 1.54) is 19.3 Å². The van der Waals surface area contributed by atoms with Crippen LogP contribution < -0.4 is 5.48 Å². The molecule has 4 nitrogen and oxygen atoms in total. The van der Waals surface area contributed by atoms with E-state index in [2.05, 4.69) is 17.3 Å². The summed E-state index contributed by atoms with van der Waals surface area (Å²) in [7, 11) is 1.69. The van der Waals surface area contributed by atoms with Gasteiger partial charge in [0.05, 0.1) is 13.2 Å². The van der Waals surface area contributed by atoms with E-state index in [0.717, 1.165) is 12.6 Å². The third-order valence-corrected chi connectivity index (χ3v) is 3.28. The summed E-state index contributed by atoms with van der Waals surface area (Å²) in [5.41, 5.74) is 3.14. The number of likely N-dealkylation sites (tertiary alicyclic amines) is 1. The van der Waals surface area contributed by atoms with E-state index >= 15 is 0 Å². The first-order valence-electron chi connectivity index (χ1n) is 5.93. The molecule has 2 aliphatic rings. The predicted molar refractivity (Wildman–Crippen MR) is 58.6 cm³/mol. The summed E-state index contributed by atoms with van der Waals surface area (Å²) in [6.45, 7) is 4.74. The van der Waals surface area contributed by atoms with Crippen LogP contribution in [0.2, 0.25) is 0 Å². The van der Waals surface area contributed by atoms with Crippen LogP contribution in [-0.4, -0.2) is 49.9 Å². The number of ether oxygens (including phenoxy) is 1. The standard InChI is InChI=1S/C11H22N2O2/c1-9-7-10(12-15-6-5-14-2)8-13(9)11-3-4-11/h9-12H,3-8H2,1-2H3. The van der Waals surface area contributed by atoms with Crippen LogP contribution in [0.15, 0.2) is 0 Å². The molecular weight excluding hydrogens is 192 g/mol. The molecular formula is C11H22N2O2. The van der Waals surface area contributed by atoms with Gasteiger partial charge in [0.25, 0.3) is 0 Å². The first kappa shape index (κ1) is 11.3. The monoisotopic (exact) mass is 214 g/mol. The number of nitrogens with one attached hydrogen (secondary N) is 1. The second-order valence-corrected chi connectivity index (χ2v) is 4.67. The van der Waals surface area contributed by atoms with Gasteiger partial charge in [-0.25, -0.2) is 0 Å². The Bertz CT molecular complexity index is 197. The number of nitrogens with zero attached hydrogens (tertiary/aromatic N) is 1. The fourth-order valence-electron chi connectivity index (χ4n) is 2.36. The lowest BCUT2D eigenvalue weighted by Gasteiger charge is -2.19. The lowest BCUT2D eigenvalue weighted by Crippen LogP contribution is -2.34. The van der Waals surface area contributed by atoms with Gasteiger partial charge in [-0.15, -0.1) is 0 Å². The molecule has 1 heterocycles. The van der Waals surface area contributed by atoms with Crippen molar-refractivity contribution < 1.29 is 9.57 Å². The Balaban J connectivity index is 1.63. The Kier molecular flexibility index (Phi) is 3.97.